The summed E-state index contributed by atoms with van der Waals surface area (Å²) in [5.74, 6) is 0.156. The molecule has 1 saturated heterocycles. The molecule has 1 aliphatic rings. The van der Waals surface area contributed by atoms with Crippen molar-refractivity contribution in [3.63, 3.8) is 0 Å². The molecule has 1 unspecified atom stereocenters. The number of nitrogens with two attached hydrogens (primary N) is 1. The fraction of sp³-hybridized carbons (Fsp3) is 0.538. The van der Waals surface area contributed by atoms with Crippen LogP contribution in [0.4, 0.5) is 5.69 Å². The summed E-state index contributed by atoms with van der Waals surface area (Å²) in [6.45, 7) is 3.06. The summed E-state index contributed by atoms with van der Waals surface area (Å²) < 4.78 is 26.8. The normalized spacial score (nSPS) is 18.9. The molecule has 0 bridgehead atoms. The van der Waals surface area contributed by atoms with Crippen LogP contribution in [0.1, 0.15) is 18.9 Å². The summed E-state index contributed by atoms with van der Waals surface area (Å²) in [6.07, 6.45) is 1.23. The molecule has 7 nitrogen and oxygen atoms in total. The number of hydrogen-bond donors (Lipinski definition) is 1. The van der Waals surface area contributed by atoms with Gasteiger partial charge in [-0.3, -0.25) is 10.1 Å². The average Bonchev–Trinajstić information content (AvgIpc) is 2.96. The lowest BCUT2D eigenvalue weighted by molar-refractivity contribution is -0.385. The molecule has 0 radical (unpaired) electrons. The second-order valence-corrected chi connectivity index (χ2v) is 7.06. The van der Waals surface area contributed by atoms with Crippen molar-refractivity contribution in [1.29, 1.82) is 0 Å². The number of rotatable bonds is 5. The second kappa shape index (κ2) is 7.36. The number of nitro groups is 1. The van der Waals surface area contributed by atoms with Gasteiger partial charge in [0.15, 0.2) is 0 Å². The molecule has 0 aromatic heterocycles. The van der Waals surface area contributed by atoms with Crippen LogP contribution in [0.15, 0.2) is 23.1 Å². The molecule has 0 aliphatic carbocycles. The van der Waals surface area contributed by atoms with Crippen molar-refractivity contribution in [2.45, 2.75) is 24.7 Å². The number of nitro benzene ring substituents is 1. The van der Waals surface area contributed by atoms with Crippen LogP contribution in [-0.4, -0.2) is 37.3 Å². The third-order valence-electron chi connectivity index (χ3n) is 3.84. The van der Waals surface area contributed by atoms with Crippen molar-refractivity contribution in [1.82, 2.24) is 4.31 Å². The van der Waals surface area contributed by atoms with Crippen molar-refractivity contribution < 1.29 is 13.3 Å². The number of aryl methyl sites for hydroxylation is 1. The molecule has 0 amide bonds. The predicted molar refractivity (Wildman–Crippen MR) is 85.6 cm³/mol. The van der Waals surface area contributed by atoms with Gasteiger partial charge in [0, 0.05) is 25.2 Å². The molecule has 1 aromatic carbocycles. The maximum atomic E-state index is 12.7. The predicted octanol–water partition coefficient (Wildman–Crippen LogP) is 1.55. The number of nitrogens with zero attached hydrogens (tertiary/aromatic N) is 2. The third kappa shape index (κ3) is 3.57. The van der Waals surface area contributed by atoms with Crippen LogP contribution in [0.3, 0.4) is 0 Å². The molecule has 1 atom stereocenters. The maximum absolute atomic E-state index is 12.7. The molecule has 124 valence electrons. The zero-order valence-electron chi connectivity index (χ0n) is 12.3. The van der Waals surface area contributed by atoms with Gasteiger partial charge in [0.25, 0.3) is 5.69 Å². The van der Waals surface area contributed by atoms with E-state index in [0.717, 1.165) is 12.5 Å². The van der Waals surface area contributed by atoms with Gasteiger partial charge < -0.3 is 5.73 Å². The summed E-state index contributed by atoms with van der Waals surface area (Å²) in [7, 11) is -3.71. The highest BCUT2D eigenvalue weighted by Crippen LogP contribution is 2.29. The van der Waals surface area contributed by atoms with E-state index < -0.39 is 14.9 Å². The van der Waals surface area contributed by atoms with Gasteiger partial charge >= 0.3 is 0 Å². The summed E-state index contributed by atoms with van der Waals surface area (Å²) in [5, 5.41) is 10.9. The zero-order chi connectivity index (χ0) is 15.6. The van der Waals surface area contributed by atoms with Gasteiger partial charge in [-0.15, -0.1) is 12.4 Å². The summed E-state index contributed by atoms with van der Waals surface area (Å²) in [6, 6.07) is 4.01. The molecular formula is C13H20ClN3O4S. The fourth-order valence-electron chi connectivity index (χ4n) is 2.54. The largest absolute Gasteiger partial charge is 0.330 e. The van der Waals surface area contributed by atoms with Crippen molar-refractivity contribution in [2.75, 3.05) is 19.6 Å². The number of non-ortho nitro benzene ring substituents is 1. The topological polar surface area (TPSA) is 107 Å². The molecule has 2 N–H and O–H groups in total. The van der Waals surface area contributed by atoms with E-state index >= 15 is 0 Å². The standard InChI is InChI=1S/C13H19N3O4S.ClH/c1-2-11-3-4-12(16(17)18)7-13(11)21(19,20)15-6-5-10(8-14)9-15;/h3-4,7,10H,2,5-6,8-9,14H2,1H3;1H. The van der Waals surface area contributed by atoms with Gasteiger partial charge in [-0.25, -0.2) is 8.42 Å². The van der Waals surface area contributed by atoms with Crippen molar-refractivity contribution in [2.24, 2.45) is 11.7 Å². The van der Waals surface area contributed by atoms with Crippen LogP contribution in [0.25, 0.3) is 0 Å². The summed E-state index contributed by atoms with van der Waals surface area (Å²) in [4.78, 5) is 10.3. The van der Waals surface area contributed by atoms with Crippen LogP contribution in [0, 0.1) is 16.0 Å². The van der Waals surface area contributed by atoms with E-state index in [1.165, 1.54) is 16.4 Å². The van der Waals surface area contributed by atoms with Crippen molar-refractivity contribution in [3.8, 4) is 0 Å². The highest BCUT2D eigenvalue weighted by molar-refractivity contribution is 7.89. The third-order valence-corrected chi connectivity index (χ3v) is 5.79. The van der Waals surface area contributed by atoms with E-state index in [-0.39, 0.29) is 28.9 Å². The Morgan fingerprint density at radius 3 is 2.64 bits per heavy atom. The summed E-state index contributed by atoms with van der Waals surface area (Å²) >= 11 is 0. The van der Waals surface area contributed by atoms with E-state index in [2.05, 4.69) is 0 Å². The minimum Gasteiger partial charge on any atom is -0.330 e. The smallest absolute Gasteiger partial charge is 0.270 e. The Morgan fingerprint density at radius 2 is 2.14 bits per heavy atom. The number of sulfonamides is 1. The Hall–Kier alpha value is -1.22. The van der Waals surface area contributed by atoms with Gasteiger partial charge in [0.1, 0.15) is 0 Å². The Balaban J connectivity index is 0.00000242. The monoisotopic (exact) mass is 349 g/mol. The Morgan fingerprint density at radius 1 is 1.45 bits per heavy atom. The minimum atomic E-state index is -3.71. The van der Waals surface area contributed by atoms with Gasteiger partial charge in [0.05, 0.1) is 9.82 Å². The van der Waals surface area contributed by atoms with Gasteiger partial charge in [-0.1, -0.05) is 13.0 Å². The number of hydrogen-bond acceptors (Lipinski definition) is 5. The van der Waals surface area contributed by atoms with E-state index in [4.69, 9.17) is 5.73 Å². The van der Waals surface area contributed by atoms with E-state index in [9.17, 15) is 18.5 Å². The lowest BCUT2D eigenvalue weighted by Crippen LogP contribution is -2.30. The molecule has 9 heteroatoms. The Labute approximate surface area is 136 Å². The van der Waals surface area contributed by atoms with E-state index in [0.29, 0.717) is 31.6 Å². The molecule has 1 aromatic rings. The second-order valence-electron chi connectivity index (χ2n) is 5.16. The SMILES string of the molecule is CCc1ccc([N+](=O)[O-])cc1S(=O)(=O)N1CCC(CN)C1.Cl. The first-order chi connectivity index (χ1) is 9.90. The fourth-order valence-corrected chi connectivity index (χ4v) is 4.38. The van der Waals surface area contributed by atoms with Crippen molar-refractivity contribution >= 4 is 28.1 Å². The van der Waals surface area contributed by atoms with Gasteiger partial charge in [0.2, 0.25) is 10.0 Å². The number of benzene rings is 1. The van der Waals surface area contributed by atoms with Crippen molar-refractivity contribution in [3.05, 3.63) is 33.9 Å². The highest BCUT2D eigenvalue weighted by atomic mass is 35.5. The van der Waals surface area contributed by atoms with Crippen LogP contribution >= 0.6 is 12.4 Å². The molecular weight excluding hydrogens is 330 g/mol. The molecule has 2 rings (SSSR count). The molecule has 0 saturated carbocycles. The molecule has 0 spiro atoms. The molecule has 22 heavy (non-hydrogen) atoms. The first kappa shape index (κ1) is 18.8. The van der Waals surface area contributed by atoms with E-state index in [1.54, 1.807) is 0 Å². The van der Waals surface area contributed by atoms with E-state index in [1.807, 2.05) is 6.92 Å². The lowest BCUT2D eigenvalue weighted by atomic mass is 10.1. The quantitative estimate of drug-likeness (QED) is 0.641. The number of halogens is 1. The van der Waals surface area contributed by atoms with Crippen LogP contribution in [0.5, 0.6) is 0 Å². The zero-order valence-corrected chi connectivity index (χ0v) is 13.9. The molecule has 1 heterocycles. The Kier molecular flexibility index (Phi) is 6.30. The highest BCUT2D eigenvalue weighted by Gasteiger charge is 2.33. The first-order valence-electron chi connectivity index (χ1n) is 6.87. The molecule has 1 aliphatic heterocycles. The lowest BCUT2D eigenvalue weighted by Gasteiger charge is -2.18. The van der Waals surface area contributed by atoms with Gasteiger partial charge in [-0.2, -0.15) is 4.31 Å². The van der Waals surface area contributed by atoms with Crippen LogP contribution in [0.2, 0.25) is 0 Å². The first-order valence-corrected chi connectivity index (χ1v) is 8.31. The minimum absolute atomic E-state index is 0. The van der Waals surface area contributed by atoms with Crippen LogP contribution in [-0.2, 0) is 16.4 Å². The van der Waals surface area contributed by atoms with Crippen LogP contribution < -0.4 is 5.73 Å². The Bertz CT molecular complexity index is 651. The summed E-state index contributed by atoms with van der Waals surface area (Å²) in [5.41, 5.74) is 5.97. The average molecular weight is 350 g/mol. The van der Waals surface area contributed by atoms with Gasteiger partial charge in [-0.05, 0) is 30.9 Å². The molecule has 1 fully saturated rings. The maximum Gasteiger partial charge on any atom is 0.270 e.